The van der Waals surface area contributed by atoms with Crippen molar-refractivity contribution in [3.05, 3.63) is 22.8 Å². The van der Waals surface area contributed by atoms with Crippen LogP contribution in [0.5, 0.6) is 0 Å². The van der Waals surface area contributed by atoms with Crippen molar-refractivity contribution in [3.8, 4) is 0 Å². The van der Waals surface area contributed by atoms with Gasteiger partial charge in [-0.1, -0.05) is 11.6 Å². The minimum absolute atomic E-state index is 0.379. The van der Waals surface area contributed by atoms with Gasteiger partial charge in [-0.15, -0.1) is 0 Å². The van der Waals surface area contributed by atoms with Crippen molar-refractivity contribution >= 4 is 17.4 Å². The summed E-state index contributed by atoms with van der Waals surface area (Å²) in [4.78, 5) is 9.10. The minimum Gasteiger partial charge on any atom is -0.358 e. The summed E-state index contributed by atoms with van der Waals surface area (Å²) in [5, 5.41) is 0.646. The van der Waals surface area contributed by atoms with Crippen molar-refractivity contribution in [3.63, 3.8) is 0 Å². The summed E-state index contributed by atoms with van der Waals surface area (Å²) in [6.07, 6.45) is 2.55. The Morgan fingerprint density at radius 3 is 2.94 bits per heavy atom. The second kappa shape index (κ2) is 5.87. The Morgan fingerprint density at radius 1 is 1.56 bits per heavy atom. The Kier molecular flexibility index (Phi) is 4.43. The first kappa shape index (κ1) is 13.6. The van der Waals surface area contributed by atoms with E-state index < -0.39 is 0 Å². The standard InChI is InChI=1S/C13H21ClN4/c1-17-7-3-4-10(17)9-18(2)13-6-5-11(14)12(8-15)16-13/h5-6,10H,3-4,7-9,15H2,1-2H3. The third-order valence-corrected chi connectivity index (χ3v) is 3.99. The summed E-state index contributed by atoms with van der Waals surface area (Å²) in [7, 11) is 4.26. The molecule has 18 heavy (non-hydrogen) atoms. The molecule has 2 N–H and O–H groups in total. The summed E-state index contributed by atoms with van der Waals surface area (Å²) in [5.74, 6) is 0.945. The number of likely N-dealkylation sites (N-methyl/N-ethyl adjacent to an activating group) is 2. The second-order valence-corrected chi connectivity index (χ2v) is 5.37. The lowest BCUT2D eigenvalue weighted by molar-refractivity contribution is 0.314. The molecular weight excluding hydrogens is 248 g/mol. The summed E-state index contributed by atoms with van der Waals surface area (Å²) in [5.41, 5.74) is 6.40. The average molecular weight is 269 g/mol. The number of aromatic nitrogens is 1. The summed E-state index contributed by atoms with van der Waals surface area (Å²) < 4.78 is 0. The molecule has 5 heteroatoms. The Hall–Kier alpha value is -0.840. The predicted octanol–water partition coefficient (Wildman–Crippen LogP) is 1.72. The number of rotatable bonds is 4. The molecular formula is C13H21ClN4. The molecule has 1 aliphatic rings. The van der Waals surface area contributed by atoms with E-state index in [1.165, 1.54) is 19.4 Å². The zero-order valence-electron chi connectivity index (χ0n) is 11.1. The van der Waals surface area contributed by atoms with Crippen molar-refractivity contribution in [1.29, 1.82) is 0 Å². The van der Waals surface area contributed by atoms with E-state index in [2.05, 4.69) is 28.9 Å². The second-order valence-electron chi connectivity index (χ2n) is 4.96. The van der Waals surface area contributed by atoms with Gasteiger partial charge in [0.15, 0.2) is 0 Å². The highest BCUT2D eigenvalue weighted by Crippen LogP contribution is 2.21. The van der Waals surface area contributed by atoms with Crippen LogP contribution in [-0.4, -0.2) is 43.1 Å². The number of nitrogens with two attached hydrogens (primary N) is 1. The van der Waals surface area contributed by atoms with E-state index in [0.29, 0.717) is 17.6 Å². The Morgan fingerprint density at radius 2 is 2.33 bits per heavy atom. The first-order chi connectivity index (χ1) is 8.61. The van der Waals surface area contributed by atoms with Crippen molar-refractivity contribution < 1.29 is 0 Å². The van der Waals surface area contributed by atoms with Crippen LogP contribution in [0.2, 0.25) is 5.02 Å². The molecule has 1 fully saturated rings. The molecule has 1 unspecified atom stereocenters. The highest BCUT2D eigenvalue weighted by molar-refractivity contribution is 6.31. The van der Waals surface area contributed by atoms with E-state index in [-0.39, 0.29) is 0 Å². The van der Waals surface area contributed by atoms with Crippen LogP contribution in [0.1, 0.15) is 18.5 Å². The number of halogens is 1. The number of likely N-dealkylation sites (tertiary alicyclic amines) is 1. The molecule has 0 saturated carbocycles. The molecule has 0 amide bonds. The van der Waals surface area contributed by atoms with Gasteiger partial charge in [0.1, 0.15) is 5.82 Å². The lowest BCUT2D eigenvalue weighted by atomic mass is 10.2. The lowest BCUT2D eigenvalue weighted by Gasteiger charge is -2.26. The molecule has 1 atom stereocenters. The number of anilines is 1. The van der Waals surface area contributed by atoms with Gasteiger partial charge in [0.25, 0.3) is 0 Å². The molecule has 2 rings (SSSR count). The van der Waals surface area contributed by atoms with Crippen LogP contribution >= 0.6 is 11.6 Å². The number of hydrogen-bond donors (Lipinski definition) is 1. The van der Waals surface area contributed by atoms with Crippen molar-refractivity contribution in [2.75, 3.05) is 32.1 Å². The fraction of sp³-hybridized carbons (Fsp3) is 0.615. The van der Waals surface area contributed by atoms with Crippen LogP contribution in [0.4, 0.5) is 5.82 Å². The van der Waals surface area contributed by atoms with Crippen LogP contribution in [0, 0.1) is 0 Å². The molecule has 2 heterocycles. The third kappa shape index (κ3) is 2.94. The van der Waals surface area contributed by atoms with E-state index in [1.807, 2.05) is 12.1 Å². The molecule has 1 aromatic heterocycles. The number of pyridine rings is 1. The molecule has 0 radical (unpaired) electrons. The van der Waals surface area contributed by atoms with Crippen LogP contribution in [-0.2, 0) is 6.54 Å². The normalized spacial score (nSPS) is 20.3. The molecule has 4 nitrogen and oxygen atoms in total. The third-order valence-electron chi connectivity index (χ3n) is 3.64. The zero-order chi connectivity index (χ0) is 13.1. The van der Waals surface area contributed by atoms with Crippen molar-refractivity contribution in [2.45, 2.75) is 25.4 Å². The summed E-state index contributed by atoms with van der Waals surface area (Å²) >= 11 is 6.03. The number of hydrogen-bond acceptors (Lipinski definition) is 4. The van der Waals surface area contributed by atoms with E-state index in [0.717, 1.165) is 18.1 Å². The predicted molar refractivity (Wildman–Crippen MR) is 76.1 cm³/mol. The van der Waals surface area contributed by atoms with Gasteiger partial charge in [0, 0.05) is 26.2 Å². The molecule has 1 aromatic rings. The maximum atomic E-state index is 6.03. The van der Waals surface area contributed by atoms with Crippen molar-refractivity contribution in [1.82, 2.24) is 9.88 Å². The van der Waals surface area contributed by atoms with Gasteiger partial charge >= 0.3 is 0 Å². The van der Waals surface area contributed by atoms with E-state index in [4.69, 9.17) is 17.3 Å². The molecule has 0 bridgehead atoms. The van der Waals surface area contributed by atoms with Crippen molar-refractivity contribution in [2.24, 2.45) is 5.73 Å². The summed E-state index contributed by atoms with van der Waals surface area (Å²) in [6, 6.07) is 4.45. The van der Waals surface area contributed by atoms with Gasteiger partial charge in [-0.2, -0.15) is 0 Å². The minimum atomic E-state index is 0.379. The zero-order valence-corrected chi connectivity index (χ0v) is 11.8. The maximum Gasteiger partial charge on any atom is 0.128 e. The number of nitrogens with zero attached hydrogens (tertiary/aromatic N) is 3. The average Bonchev–Trinajstić information content (AvgIpc) is 2.75. The Bertz CT molecular complexity index is 410. The summed E-state index contributed by atoms with van der Waals surface area (Å²) in [6.45, 7) is 2.57. The fourth-order valence-corrected chi connectivity index (χ4v) is 2.63. The van der Waals surface area contributed by atoms with E-state index >= 15 is 0 Å². The highest BCUT2D eigenvalue weighted by Gasteiger charge is 2.22. The smallest absolute Gasteiger partial charge is 0.128 e. The van der Waals surface area contributed by atoms with Gasteiger partial charge in [-0.25, -0.2) is 4.98 Å². The quantitative estimate of drug-likeness (QED) is 0.903. The lowest BCUT2D eigenvalue weighted by Crippen LogP contribution is -2.37. The van der Waals surface area contributed by atoms with Gasteiger partial charge in [0.05, 0.1) is 10.7 Å². The van der Waals surface area contributed by atoms with Crippen LogP contribution in [0.25, 0.3) is 0 Å². The van der Waals surface area contributed by atoms with Gasteiger partial charge < -0.3 is 15.5 Å². The fourth-order valence-electron chi connectivity index (χ4n) is 2.45. The molecule has 0 spiro atoms. The molecule has 1 aliphatic heterocycles. The van der Waals surface area contributed by atoms with Crippen LogP contribution in [0.15, 0.2) is 12.1 Å². The monoisotopic (exact) mass is 268 g/mol. The Balaban J connectivity index is 2.06. The molecule has 1 saturated heterocycles. The molecule has 0 aliphatic carbocycles. The topological polar surface area (TPSA) is 45.4 Å². The van der Waals surface area contributed by atoms with E-state index in [9.17, 15) is 0 Å². The van der Waals surface area contributed by atoms with Gasteiger partial charge in [-0.3, -0.25) is 0 Å². The first-order valence-electron chi connectivity index (χ1n) is 6.38. The van der Waals surface area contributed by atoms with Gasteiger partial charge in [-0.05, 0) is 38.6 Å². The molecule has 0 aromatic carbocycles. The van der Waals surface area contributed by atoms with Gasteiger partial charge in [0.2, 0.25) is 0 Å². The molecule has 100 valence electrons. The van der Waals surface area contributed by atoms with E-state index in [1.54, 1.807) is 0 Å². The van der Waals surface area contributed by atoms with Crippen LogP contribution in [0.3, 0.4) is 0 Å². The first-order valence-corrected chi connectivity index (χ1v) is 6.76. The van der Waals surface area contributed by atoms with Crippen LogP contribution < -0.4 is 10.6 Å². The SMILES string of the molecule is CN(CC1CCCN1C)c1ccc(Cl)c(CN)n1. The highest BCUT2D eigenvalue weighted by atomic mass is 35.5. The largest absolute Gasteiger partial charge is 0.358 e. The Labute approximate surface area is 114 Å². The maximum absolute atomic E-state index is 6.03.